The highest BCUT2D eigenvalue weighted by atomic mass is 35.5. The molecule has 0 fully saturated rings. The largest absolute Gasteiger partial charge is 0.391 e. The number of hydrogen-bond acceptors (Lipinski definition) is 4. The van der Waals surface area contributed by atoms with Gasteiger partial charge in [0.05, 0.1) is 11.1 Å². The van der Waals surface area contributed by atoms with Crippen molar-refractivity contribution in [2.45, 2.75) is 26.4 Å². The Hall–Kier alpha value is -1.33. The van der Waals surface area contributed by atoms with Gasteiger partial charge >= 0.3 is 0 Å². The Morgan fingerprint density at radius 3 is 2.94 bits per heavy atom. The third kappa shape index (κ3) is 3.34. The fourth-order valence-electron chi connectivity index (χ4n) is 1.77. The number of pyridine rings is 1. The molecule has 0 aliphatic heterocycles. The number of nitrogens with zero attached hydrogens (tertiary/aromatic N) is 3. The fraction of sp³-hybridized carbons (Fsp3) is 0.500. The third-order valence-corrected chi connectivity index (χ3v) is 2.76. The topological polar surface area (TPSA) is 62.5 Å². The van der Waals surface area contributed by atoms with Gasteiger partial charge in [0.25, 0.3) is 0 Å². The lowest BCUT2D eigenvalue weighted by Crippen LogP contribution is -2.21. The second-order valence-corrected chi connectivity index (χ2v) is 5.19. The Kier molecular flexibility index (Phi) is 4.04. The average Bonchev–Trinajstić information content (AvgIpc) is 2.67. The minimum absolute atomic E-state index is 0.389. The minimum atomic E-state index is -0.389. The molecule has 0 bridgehead atoms. The Bertz CT molecular complexity index is 526. The zero-order valence-electron chi connectivity index (χ0n) is 10.5. The number of anilines is 1. The summed E-state index contributed by atoms with van der Waals surface area (Å²) in [6.07, 6.45) is 2.06. The lowest BCUT2D eigenvalue weighted by molar-refractivity contribution is 0.161. The van der Waals surface area contributed by atoms with Gasteiger partial charge in [0.1, 0.15) is 0 Å². The predicted octanol–water partition coefficient (Wildman–Crippen LogP) is 2.20. The standard InChI is InChI=1S/C12H17ClN4O/c1-8(2)5-10(18)6-14-12-15-11-4-3-9(13)7-17(11)16-12/h3-4,7-8,10,18H,5-6H2,1-2H3,(H,14,16). The van der Waals surface area contributed by atoms with Crippen molar-refractivity contribution in [1.29, 1.82) is 0 Å². The van der Waals surface area contributed by atoms with Crippen LogP contribution in [0.15, 0.2) is 18.3 Å². The van der Waals surface area contributed by atoms with E-state index in [0.29, 0.717) is 23.4 Å². The molecule has 18 heavy (non-hydrogen) atoms. The molecule has 1 unspecified atom stereocenters. The van der Waals surface area contributed by atoms with E-state index < -0.39 is 0 Å². The van der Waals surface area contributed by atoms with Gasteiger partial charge in [0, 0.05) is 12.7 Å². The van der Waals surface area contributed by atoms with E-state index in [1.807, 2.05) is 0 Å². The molecule has 98 valence electrons. The van der Waals surface area contributed by atoms with Crippen LogP contribution in [-0.4, -0.2) is 32.4 Å². The van der Waals surface area contributed by atoms with Crippen molar-refractivity contribution >= 4 is 23.2 Å². The van der Waals surface area contributed by atoms with Gasteiger partial charge in [-0.1, -0.05) is 25.4 Å². The first kappa shape index (κ1) is 13.1. The van der Waals surface area contributed by atoms with Crippen LogP contribution in [0.3, 0.4) is 0 Å². The maximum absolute atomic E-state index is 9.75. The summed E-state index contributed by atoms with van der Waals surface area (Å²) in [5.74, 6) is 0.967. The number of nitrogens with one attached hydrogen (secondary N) is 1. The molecule has 0 saturated heterocycles. The van der Waals surface area contributed by atoms with E-state index in [2.05, 4.69) is 29.2 Å². The molecule has 0 aromatic carbocycles. The molecule has 0 aliphatic rings. The molecule has 0 spiro atoms. The molecule has 5 nitrogen and oxygen atoms in total. The fourth-order valence-corrected chi connectivity index (χ4v) is 1.92. The van der Waals surface area contributed by atoms with E-state index in [4.69, 9.17) is 11.6 Å². The Morgan fingerprint density at radius 1 is 1.44 bits per heavy atom. The van der Waals surface area contributed by atoms with Crippen molar-refractivity contribution in [3.05, 3.63) is 23.4 Å². The first-order chi connectivity index (χ1) is 8.54. The molecule has 6 heteroatoms. The molecule has 0 amide bonds. The molecule has 2 aromatic heterocycles. The van der Waals surface area contributed by atoms with E-state index in [-0.39, 0.29) is 6.10 Å². The molecule has 0 radical (unpaired) electrons. The van der Waals surface area contributed by atoms with Gasteiger partial charge in [-0.3, -0.25) is 0 Å². The number of hydrogen-bond donors (Lipinski definition) is 2. The smallest absolute Gasteiger partial charge is 0.243 e. The Labute approximate surface area is 111 Å². The van der Waals surface area contributed by atoms with Crippen LogP contribution in [0, 0.1) is 5.92 Å². The number of rotatable bonds is 5. The van der Waals surface area contributed by atoms with E-state index >= 15 is 0 Å². The Balaban J connectivity index is 1.99. The monoisotopic (exact) mass is 268 g/mol. The molecule has 2 heterocycles. The molecule has 2 N–H and O–H groups in total. The lowest BCUT2D eigenvalue weighted by atomic mass is 10.1. The van der Waals surface area contributed by atoms with Crippen molar-refractivity contribution < 1.29 is 5.11 Å². The molecule has 2 aromatic rings. The second kappa shape index (κ2) is 5.54. The average molecular weight is 269 g/mol. The number of halogens is 1. The lowest BCUT2D eigenvalue weighted by Gasteiger charge is -2.12. The van der Waals surface area contributed by atoms with Crippen LogP contribution in [0.1, 0.15) is 20.3 Å². The minimum Gasteiger partial charge on any atom is -0.391 e. The maximum Gasteiger partial charge on any atom is 0.243 e. The zero-order valence-corrected chi connectivity index (χ0v) is 11.2. The summed E-state index contributed by atoms with van der Waals surface area (Å²) in [6.45, 7) is 4.60. The SMILES string of the molecule is CC(C)CC(O)CNc1nc2ccc(Cl)cn2n1. The first-order valence-corrected chi connectivity index (χ1v) is 6.36. The second-order valence-electron chi connectivity index (χ2n) is 4.75. The number of fused-ring (bicyclic) bond motifs is 1. The summed E-state index contributed by atoms with van der Waals surface area (Å²) in [4.78, 5) is 4.28. The molecule has 0 aliphatic carbocycles. The van der Waals surface area contributed by atoms with Crippen LogP contribution >= 0.6 is 11.6 Å². The first-order valence-electron chi connectivity index (χ1n) is 5.98. The van der Waals surface area contributed by atoms with Crippen LogP contribution < -0.4 is 5.32 Å². The summed E-state index contributed by atoms with van der Waals surface area (Å²) in [6, 6.07) is 3.56. The van der Waals surface area contributed by atoms with Crippen LogP contribution in [0.4, 0.5) is 5.95 Å². The van der Waals surface area contributed by atoms with Crippen LogP contribution in [0.5, 0.6) is 0 Å². The van der Waals surface area contributed by atoms with E-state index in [1.165, 1.54) is 0 Å². The van der Waals surface area contributed by atoms with Gasteiger partial charge in [0.2, 0.25) is 5.95 Å². The number of aliphatic hydroxyl groups is 1. The highest BCUT2D eigenvalue weighted by Crippen LogP contribution is 2.12. The molecule has 0 saturated carbocycles. The van der Waals surface area contributed by atoms with Crippen molar-refractivity contribution in [3.8, 4) is 0 Å². The highest BCUT2D eigenvalue weighted by Gasteiger charge is 2.09. The zero-order chi connectivity index (χ0) is 13.1. The van der Waals surface area contributed by atoms with Crippen molar-refractivity contribution in [3.63, 3.8) is 0 Å². The summed E-state index contributed by atoms with van der Waals surface area (Å²) in [5.41, 5.74) is 0.722. The predicted molar refractivity (Wildman–Crippen MR) is 71.9 cm³/mol. The summed E-state index contributed by atoms with van der Waals surface area (Å²) < 4.78 is 1.61. The van der Waals surface area contributed by atoms with E-state index in [1.54, 1.807) is 22.8 Å². The molecular formula is C12H17ClN4O. The molecule has 1 atom stereocenters. The van der Waals surface area contributed by atoms with Crippen molar-refractivity contribution in [1.82, 2.24) is 14.6 Å². The van der Waals surface area contributed by atoms with Gasteiger partial charge in [-0.25, -0.2) is 4.52 Å². The van der Waals surface area contributed by atoms with Crippen LogP contribution in [0.25, 0.3) is 5.65 Å². The van der Waals surface area contributed by atoms with E-state index in [9.17, 15) is 5.11 Å². The van der Waals surface area contributed by atoms with Crippen LogP contribution in [0.2, 0.25) is 5.02 Å². The normalized spacial score (nSPS) is 13.2. The number of aliphatic hydroxyl groups excluding tert-OH is 1. The summed E-state index contributed by atoms with van der Waals surface area (Å²) in [5, 5.41) is 17.6. The van der Waals surface area contributed by atoms with E-state index in [0.717, 1.165) is 12.1 Å². The highest BCUT2D eigenvalue weighted by molar-refractivity contribution is 6.30. The van der Waals surface area contributed by atoms with Gasteiger partial charge < -0.3 is 10.4 Å². The number of aromatic nitrogens is 3. The van der Waals surface area contributed by atoms with Crippen molar-refractivity contribution in [2.75, 3.05) is 11.9 Å². The molecule has 2 rings (SSSR count). The summed E-state index contributed by atoms with van der Waals surface area (Å²) >= 11 is 5.86. The summed E-state index contributed by atoms with van der Waals surface area (Å²) in [7, 11) is 0. The van der Waals surface area contributed by atoms with Crippen LogP contribution in [-0.2, 0) is 0 Å². The Morgan fingerprint density at radius 2 is 2.22 bits per heavy atom. The van der Waals surface area contributed by atoms with Gasteiger partial charge in [-0.15, -0.1) is 5.10 Å². The maximum atomic E-state index is 9.75. The van der Waals surface area contributed by atoms with Gasteiger partial charge in [-0.05, 0) is 24.5 Å². The van der Waals surface area contributed by atoms with Crippen molar-refractivity contribution in [2.24, 2.45) is 5.92 Å². The van der Waals surface area contributed by atoms with Gasteiger partial charge in [-0.2, -0.15) is 4.98 Å². The third-order valence-electron chi connectivity index (χ3n) is 2.53. The van der Waals surface area contributed by atoms with Gasteiger partial charge in [0.15, 0.2) is 5.65 Å². The quantitative estimate of drug-likeness (QED) is 0.873. The molecular weight excluding hydrogens is 252 g/mol.